The fraction of sp³-hybridized carbons (Fsp3) is 0.500. The Kier molecular flexibility index (Phi) is 4.15. The maximum Gasteiger partial charge on any atom is 0.245 e. The molecule has 3 N–H and O–H groups in total. The van der Waals surface area contributed by atoms with Gasteiger partial charge in [0.15, 0.2) is 0 Å². The van der Waals surface area contributed by atoms with Gasteiger partial charge in [0, 0.05) is 12.1 Å². The monoisotopic (exact) mass is 306 g/mol. The Hall–Kier alpha value is -0.690. The van der Waals surface area contributed by atoms with Gasteiger partial charge in [0.2, 0.25) is 10.0 Å². The fourth-order valence-electron chi connectivity index (χ4n) is 2.47. The van der Waals surface area contributed by atoms with Crippen LogP contribution in [0.1, 0.15) is 25.7 Å². The van der Waals surface area contributed by atoms with E-state index in [2.05, 4.69) is 4.72 Å². The highest BCUT2D eigenvalue weighted by atomic mass is 35.5. The smallest absolute Gasteiger partial charge is 0.245 e. The van der Waals surface area contributed by atoms with Crippen molar-refractivity contribution in [2.75, 3.05) is 6.54 Å². The number of sulfonamides is 1. The van der Waals surface area contributed by atoms with Crippen LogP contribution in [0.25, 0.3) is 0 Å². The standard InChI is InChI=1S/C12H16ClFN2O2S/c13-9-4-3-5-10(14)11(9)19(17,18)16-12(8-15)6-1-2-7-12/h3-5,16H,1-2,6-8,15H2. The molecule has 0 spiro atoms. The quantitative estimate of drug-likeness (QED) is 0.894. The molecule has 0 unspecified atom stereocenters. The normalized spacial score (nSPS) is 18.7. The minimum absolute atomic E-state index is 0.127. The summed E-state index contributed by atoms with van der Waals surface area (Å²) >= 11 is 5.80. The average Bonchev–Trinajstić information content (AvgIpc) is 2.77. The molecule has 0 aliphatic heterocycles. The van der Waals surface area contributed by atoms with Crippen LogP contribution in [0, 0.1) is 5.82 Å². The zero-order valence-corrected chi connectivity index (χ0v) is 11.9. The van der Waals surface area contributed by atoms with Gasteiger partial charge in [0.1, 0.15) is 10.7 Å². The summed E-state index contributed by atoms with van der Waals surface area (Å²) in [5.41, 5.74) is 5.00. The van der Waals surface area contributed by atoms with E-state index in [-0.39, 0.29) is 11.6 Å². The Morgan fingerprint density at radius 1 is 1.37 bits per heavy atom. The van der Waals surface area contributed by atoms with Crippen LogP contribution in [0.5, 0.6) is 0 Å². The average molecular weight is 307 g/mol. The Labute approximate surface area is 117 Å². The van der Waals surface area contributed by atoms with Crippen molar-refractivity contribution in [1.82, 2.24) is 4.72 Å². The summed E-state index contributed by atoms with van der Waals surface area (Å²) in [7, 11) is -4.01. The SMILES string of the molecule is NCC1(NS(=O)(=O)c2c(F)cccc2Cl)CCCC1. The molecule has 1 saturated carbocycles. The van der Waals surface area contributed by atoms with Crippen molar-refractivity contribution < 1.29 is 12.8 Å². The molecular weight excluding hydrogens is 291 g/mol. The molecule has 19 heavy (non-hydrogen) atoms. The number of rotatable bonds is 4. The molecule has 1 aromatic carbocycles. The topological polar surface area (TPSA) is 72.2 Å². The first-order valence-electron chi connectivity index (χ1n) is 6.08. The molecule has 0 heterocycles. The lowest BCUT2D eigenvalue weighted by Gasteiger charge is -2.28. The number of hydrogen-bond donors (Lipinski definition) is 2. The molecule has 0 saturated heterocycles. The highest BCUT2D eigenvalue weighted by molar-refractivity contribution is 7.89. The van der Waals surface area contributed by atoms with Crippen LogP contribution in [-0.4, -0.2) is 20.5 Å². The summed E-state index contributed by atoms with van der Waals surface area (Å²) in [6.07, 6.45) is 3.14. The molecule has 1 aliphatic rings. The molecule has 2 rings (SSSR count). The molecular formula is C12H16ClFN2O2S. The summed E-state index contributed by atoms with van der Waals surface area (Å²) in [6.45, 7) is 0.193. The zero-order chi connectivity index (χ0) is 14.1. The highest BCUT2D eigenvalue weighted by Gasteiger charge is 2.38. The molecule has 106 valence electrons. The van der Waals surface area contributed by atoms with E-state index in [0.29, 0.717) is 12.8 Å². The first kappa shape index (κ1) is 14.7. The fourth-order valence-corrected chi connectivity index (χ4v) is 4.55. The van der Waals surface area contributed by atoms with Crippen LogP contribution in [0.3, 0.4) is 0 Å². The Morgan fingerprint density at radius 3 is 2.53 bits per heavy atom. The minimum Gasteiger partial charge on any atom is -0.329 e. The maximum atomic E-state index is 13.7. The van der Waals surface area contributed by atoms with Crippen LogP contribution >= 0.6 is 11.6 Å². The van der Waals surface area contributed by atoms with Gasteiger partial charge in [-0.3, -0.25) is 0 Å². The van der Waals surface area contributed by atoms with Crippen molar-refractivity contribution in [3.05, 3.63) is 29.0 Å². The molecule has 0 aromatic heterocycles. The molecule has 0 atom stereocenters. The molecule has 1 aromatic rings. The highest BCUT2D eigenvalue weighted by Crippen LogP contribution is 2.32. The van der Waals surface area contributed by atoms with E-state index >= 15 is 0 Å². The summed E-state index contributed by atoms with van der Waals surface area (Å²) in [5.74, 6) is -0.856. The van der Waals surface area contributed by atoms with Crippen molar-refractivity contribution in [3.8, 4) is 0 Å². The third kappa shape index (κ3) is 2.91. The summed E-state index contributed by atoms with van der Waals surface area (Å²) in [5, 5.41) is -0.127. The van der Waals surface area contributed by atoms with E-state index in [1.807, 2.05) is 0 Å². The van der Waals surface area contributed by atoms with Crippen molar-refractivity contribution in [2.45, 2.75) is 36.1 Å². The van der Waals surface area contributed by atoms with Gasteiger partial charge in [-0.05, 0) is 25.0 Å². The number of benzene rings is 1. The van der Waals surface area contributed by atoms with E-state index in [1.54, 1.807) is 0 Å². The second kappa shape index (κ2) is 5.36. The Balaban J connectivity index is 2.38. The minimum atomic E-state index is -4.01. The lowest BCUT2D eigenvalue weighted by molar-refractivity contribution is 0.398. The summed E-state index contributed by atoms with van der Waals surface area (Å²) in [6, 6.07) is 3.79. The maximum absolute atomic E-state index is 13.7. The second-order valence-corrected chi connectivity index (χ2v) is 6.87. The van der Waals surface area contributed by atoms with Gasteiger partial charge in [0.05, 0.1) is 5.02 Å². The number of hydrogen-bond acceptors (Lipinski definition) is 3. The van der Waals surface area contributed by atoms with Gasteiger partial charge in [-0.15, -0.1) is 0 Å². The first-order chi connectivity index (χ1) is 8.90. The van der Waals surface area contributed by atoms with Gasteiger partial charge in [-0.2, -0.15) is 0 Å². The van der Waals surface area contributed by atoms with E-state index in [4.69, 9.17) is 17.3 Å². The van der Waals surface area contributed by atoms with Crippen LogP contribution in [-0.2, 0) is 10.0 Å². The Bertz CT molecular complexity index is 551. The lowest BCUT2D eigenvalue weighted by Crippen LogP contribution is -2.51. The van der Waals surface area contributed by atoms with E-state index < -0.39 is 26.3 Å². The van der Waals surface area contributed by atoms with E-state index in [0.717, 1.165) is 18.9 Å². The van der Waals surface area contributed by atoms with Gasteiger partial charge < -0.3 is 5.73 Å². The zero-order valence-electron chi connectivity index (χ0n) is 10.3. The predicted octanol–water partition coefficient (Wildman–Crippen LogP) is 2.03. The predicted molar refractivity (Wildman–Crippen MR) is 72.0 cm³/mol. The second-order valence-electron chi connectivity index (χ2n) is 4.85. The van der Waals surface area contributed by atoms with Crippen molar-refractivity contribution in [1.29, 1.82) is 0 Å². The largest absolute Gasteiger partial charge is 0.329 e. The third-order valence-corrected chi connectivity index (χ3v) is 5.57. The number of nitrogens with one attached hydrogen (secondary N) is 1. The molecule has 1 aliphatic carbocycles. The van der Waals surface area contributed by atoms with E-state index in [9.17, 15) is 12.8 Å². The van der Waals surface area contributed by atoms with Crippen LogP contribution in [0.2, 0.25) is 5.02 Å². The van der Waals surface area contributed by atoms with Gasteiger partial charge >= 0.3 is 0 Å². The molecule has 0 amide bonds. The van der Waals surface area contributed by atoms with Gasteiger partial charge in [-0.1, -0.05) is 30.5 Å². The number of nitrogens with two attached hydrogens (primary N) is 1. The molecule has 4 nitrogen and oxygen atoms in total. The van der Waals surface area contributed by atoms with Crippen molar-refractivity contribution in [2.24, 2.45) is 5.73 Å². The van der Waals surface area contributed by atoms with E-state index in [1.165, 1.54) is 12.1 Å². The molecule has 1 fully saturated rings. The first-order valence-corrected chi connectivity index (χ1v) is 7.94. The van der Waals surface area contributed by atoms with Crippen molar-refractivity contribution in [3.63, 3.8) is 0 Å². The lowest BCUT2D eigenvalue weighted by atomic mass is 10.0. The van der Waals surface area contributed by atoms with Crippen molar-refractivity contribution >= 4 is 21.6 Å². The molecule has 7 heteroatoms. The van der Waals surface area contributed by atoms with Crippen LogP contribution < -0.4 is 10.5 Å². The van der Waals surface area contributed by atoms with Crippen LogP contribution in [0.15, 0.2) is 23.1 Å². The van der Waals surface area contributed by atoms with Crippen LogP contribution in [0.4, 0.5) is 4.39 Å². The third-order valence-electron chi connectivity index (χ3n) is 3.49. The summed E-state index contributed by atoms with van der Waals surface area (Å²) in [4.78, 5) is -0.503. The molecule has 0 bridgehead atoms. The van der Waals surface area contributed by atoms with Gasteiger partial charge in [-0.25, -0.2) is 17.5 Å². The van der Waals surface area contributed by atoms with Gasteiger partial charge in [0.25, 0.3) is 0 Å². The summed E-state index contributed by atoms with van der Waals surface area (Å²) < 4.78 is 40.9. The molecule has 0 radical (unpaired) electrons. The Morgan fingerprint density at radius 2 is 2.00 bits per heavy atom. The number of halogens is 2.